The predicted molar refractivity (Wildman–Crippen MR) is 139 cm³/mol. The van der Waals surface area contributed by atoms with Crippen LogP contribution < -0.4 is 4.74 Å². The Morgan fingerprint density at radius 1 is 0.868 bits per heavy atom. The molecule has 3 aromatic carbocycles. The van der Waals surface area contributed by atoms with Crippen LogP contribution in [0.25, 0.3) is 6.08 Å². The van der Waals surface area contributed by atoms with Crippen molar-refractivity contribution >= 4 is 62.0 Å². The van der Waals surface area contributed by atoms with E-state index >= 15 is 0 Å². The number of thioether (sulfide) groups is 1. The standard InChI is InChI=1S/C23H13BrN4O9S/c24-15-5-7-19(37-20-8-6-16(26(31)32)11-18(20)28(35)36)14(9-15)10-21-22(29)25(23(30)38-21)12-13-3-1-2-4-17(13)27(33)34/h1-11H,12H2/b21-10-. The van der Waals surface area contributed by atoms with Gasteiger partial charge in [0.15, 0.2) is 0 Å². The summed E-state index contributed by atoms with van der Waals surface area (Å²) in [6.07, 6.45) is 1.35. The number of nitro groups is 3. The molecule has 0 radical (unpaired) electrons. The summed E-state index contributed by atoms with van der Waals surface area (Å²) in [5.74, 6) is -0.900. The molecule has 2 amide bonds. The minimum Gasteiger partial charge on any atom is -0.449 e. The van der Waals surface area contributed by atoms with Crippen LogP contribution >= 0.6 is 27.7 Å². The number of amides is 2. The molecule has 0 N–H and O–H groups in total. The first kappa shape index (κ1) is 26.4. The molecule has 38 heavy (non-hydrogen) atoms. The minimum atomic E-state index is -0.824. The highest BCUT2D eigenvalue weighted by atomic mass is 79.9. The zero-order valence-corrected chi connectivity index (χ0v) is 21.2. The summed E-state index contributed by atoms with van der Waals surface area (Å²) in [4.78, 5) is 58.1. The van der Waals surface area contributed by atoms with E-state index in [2.05, 4.69) is 15.9 Å². The number of ether oxygens (including phenoxy) is 1. The van der Waals surface area contributed by atoms with E-state index < -0.39 is 37.3 Å². The second-order valence-electron chi connectivity index (χ2n) is 7.60. The lowest BCUT2D eigenvalue weighted by Crippen LogP contribution is -2.27. The van der Waals surface area contributed by atoms with Gasteiger partial charge in [-0.25, -0.2) is 0 Å². The van der Waals surface area contributed by atoms with Gasteiger partial charge in [-0.3, -0.25) is 44.8 Å². The number of nitrogens with zero attached hydrogens (tertiary/aromatic N) is 4. The summed E-state index contributed by atoms with van der Waals surface area (Å²) < 4.78 is 6.27. The summed E-state index contributed by atoms with van der Waals surface area (Å²) in [6, 6.07) is 13.2. The Labute approximate surface area is 225 Å². The molecule has 15 heteroatoms. The molecule has 0 aliphatic carbocycles. The molecule has 192 valence electrons. The molecule has 1 saturated heterocycles. The third kappa shape index (κ3) is 5.52. The Balaban J connectivity index is 1.67. The number of para-hydroxylation sites is 1. The monoisotopic (exact) mass is 600 g/mol. The molecule has 3 aromatic rings. The molecular weight excluding hydrogens is 588 g/mol. The van der Waals surface area contributed by atoms with Gasteiger partial charge in [0.2, 0.25) is 5.75 Å². The quantitative estimate of drug-likeness (QED) is 0.164. The lowest BCUT2D eigenvalue weighted by molar-refractivity contribution is -0.394. The fourth-order valence-corrected chi connectivity index (χ4v) is 4.67. The van der Waals surface area contributed by atoms with Crippen LogP contribution in [0.1, 0.15) is 11.1 Å². The smallest absolute Gasteiger partial charge is 0.318 e. The first-order valence-corrected chi connectivity index (χ1v) is 12.0. The SMILES string of the molecule is O=C1S/C(=C\c2cc(Br)ccc2Oc2ccc([N+](=O)[O-])cc2[N+](=O)[O-])C(=O)N1Cc1ccccc1[N+](=O)[O-]. The van der Waals surface area contributed by atoms with Crippen molar-refractivity contribution in [3.8, 4) is 11.5 Å². The van der Waals surface area contributed by atoms with Gasteiger partial charge in [0.1, 0.15) is 5.75 Å². The van der Waals surface area contributed by atoms with E-state index in [1.165, 1.54) is 30.3 Å². The van der Waals surface area contributed by atoms with Crippen molar-refractivity contribution < 1.29 is 29.1 Å². The molecule has 0 unspecified atom stereocenters. The highest BCUT2D eigenvalue weighted by Gasteiger charge is 2.36. The van der Waals surface area contributed by atoms with E-state index in [1.807, 2.05) is 0 Å². The highest BCUT2D eigenvalue weighted by Crippen LogP contribution is 2.39. The first-order valence-electron chi connectivity index (χ1n) is 10.4. The molecule has 1 aliphatic rings. The number of non-ortho nitro benzene ring substituents is 1. The van der Waals surface area contributed by atoms with Crippen molar-refractivity contribution in [3.05, 3.63) is 112 Å². The van der Waals surface area contributed by atoms with E-state index in [1.54, 1.807) is 18.2 Å². The Morgan fingerprint density at radius 3 is 2.24 bits per heavy atom. The van der Waals surface area contributed by atoms with Crippen molar-refractivity contribution in [2.24, 2.45) is 0 Å². The van der Waals surface area contributed by atoms with Crippen molar-refractivity contribution in [1.29, 1.82) is 0 Å². The van der Waals surface area contributed by atoms with Gasteiger partial charge in [0.05, 0.1) is 32.3 Å². The van der Waals surface area contributed by atoms with Gasteiger partial charge in [0, 0.05) is 27.7 Å². The largest absolute Gasteiger partial charge is 0.449 e. The van der Waals surface area contributed by atoms with E-state index in [-0.39, 0.29) is 39.8 Å². The number of carbonyl (C=O) groups excluding carboxylic acids is 2. The fourth-order valence-electron chi connectivity index (χ4n) is 3.46. The maximum Gasteiger partial charge on any atom is 0.318 e. The maximum atomic E-state index is 13.0. The molecular formula is C23H13BrN4O9S. The third-order valence-corrected chi connectivity index (χ3v) is 6.62. The number of rotatable bonds is 8. The molecule has 0 saturated carbocycles. The van der Waals surface area contributed by atoms with Gasteiger partial charge in [-0.2, -0.15) is 0 Å². The van der Waals surface area contributed by atoms with Gasteiger partial charge in [-0.05, 0) is 42.1 Å². The van der Waals surface area contributed by atoms with Crippen LogP contribution in [-0.2, 0) is 11.3 Å². The predicted octanol–water partition coefficient (Wildman–Crippen LogP) is 6.20. The van der Waals surface area contributed by atoms with Crippen molar-refractivity contribution in [2.75, 3.05) is 0 Å². The summed E-state index contributed by atoms with van der Waals surface area (Å²) in [5.41, 5.74) is -0.922. The second-order valence-corrected chi connectivity index (χ2v) is 9.51. The van der Waals surface area contributed by atoms with Crippen LogP contribution in [0.2, 0.25) is 0 Å². The summed E-state index contributed by atoms with van der Waals surface area (Å²) in [5, 5.41) is 33.2. The second kappa shape index (κ2) is 10.8. The normalized spacial score (nSPS) is 14.1. The van der Waals surface area contributed by atoms with Gasteiger partial charge in [-0.1, -0.05) is 34.1 Å². The Kier molecular flexibility index (Phi) is 7.50. The Bertz CT molecular complexity index is 1560. The number of hydrogen-bond acceptors (Lipinski definition) is 10. The molecule has 0 bridgehead atoms. The van der Waals surface area contributed by atoms with Crippen LogP contribution in [0.5, 0.6) is 11.5 Å². The van der Waals surface area contributed by atoms with E-state index in [4.69, 9.17) is 4.74 Å². The van der Waals surface area contributed by atoms with Crippen LogP contribution in [0.4, 0.5) is 21.9 Å². The zero-order chi connectivity index (χ0) is 27.6. The van der Waals surface area contributed by atoms with E-state index in [0.29, 0.717) is 16.2 Å². The Hall–Kier alpha value is -4.63. The number of nitro benzene ring substituents is 3. The van der Waals surface area contributed by atoms with Gasteiger partial charge >= 0.3 is 5.69 Å². The van der Waals surface area contributed by atoms with Crippen LogP contribution in [-0.4, -0.2) is 30.8 Å². The summed E-state index contributed by atoms with van der Waals surface area (Å²) >= 11 is 3.92. The summed E-state index contributed by atoms with van der Waals surface area (Å²) in [7, 11) is 0. The van der Waals surface area contributed by atoms with E-state index in [0.717, 1.165) is 23.1 Å². The molecule has 0 aromatic heterocycles. The van der Waals surface area contributed by atoms with Crippen LogP contribution in [0.3, 0.4) is 0 Å². The van der Waals surface area contributed by atoms with Crippen LogP contribution in [0, 0.1) is 30.3 Å². The first-order chi connectivity index (χ1) is 18.0. The summed E-state index contributed by atoms with van der Waals surface area (Å²) in [6.45, 7) is -0.310. The van der Waals surface area contributed by atoms with Crippen molar-refractivity contribution in [2.45, 2.75) is 6.54 Å². The van der Waals surface area contributed by atoms with Gasteiger partial charge < -0.3 is 4.74 Å². The maximum absolute atomic E-state index is 13.0. The lowest BCUT2D eigenvalue weighted by Gasteiger charge is -2.12. The fraction of sp³-hybridized carbons (Fsp3) is 0.0435. The van der Waals surface area contributed by atoms with Gasteiger partial charge in [0.25, 0.3) is 22.5 Å². The number of benzene rings is 3. The average molecular weight is 601 g/mol. The molecule has 0 spiro atoms. The van der Waals surface area contributed by atoms with Crippen LogP contribution in [0.15, 0.2) is 70.0 Å². The van der Waals surface area contributed by atoms with Crippen molar-refractivity contribution in [1.82, 2.24) is 4.90 Å². The minimum absolute atomic E-state index is 0.00488. The topological polar surface area (TPSA) is 176 Å². The molecule has 4 rings (SSSR count). The number of carbonyl (C=O) groups is 2. The van der Waals surface area contributed by atoms with Crippen molar-refractivity contribution in [3.63, 3.8) is 0 Å². The molecule has 13 nitrogen and oxygen atoms in total. The van der Waals surface area contributed by atoms with Gasteiger partial charge in [-0.15, -0.1) is 0 Å². The molecule has 1 heterocycles. The van der Waals surface area contributed by atoms with E-state index in [9.17, 15) is 39.9 Å². The Morgan fingerprint density at radius 2 is 1.55 bits per heavy atom. The zero-order valence-electron chi connectivity index (χ0n) is 18.8. The lowest BCUT2D eigenvalue weighted by atomic mass is 10.1. The number of imide groups is 1. The molecule has 1 fully saturated rings. The number of halogens is 1. The highest BCUT2D eigenvalue weighted by molar-refractivity contribution is 9.10. The average Bonchev–Trinajstić information content (AvgIpc) is 3.13. The molecule has 1 aliphatic heterocycles. The third-order valence-electron chi connectivity index (χ3n) is 5.22. The number of hydrogen-bond donors (Lipinski definition) is 0. The molecule has 0 atom stereocenters.